The monoisotopic (exact) mass is 221 g/mol. The smallest absolute Gasteiger partial charge is 0.0610 e. The van der Waals surface area contributed by atoms with Gasteiger partial charge in [0.05, 0.1) is 13.2 Å². The minimum atomic E-state index is -0.153. The lowest BCUT2D eigenvalue weighted by molar-refractivity contribution is 0.174. The molecule has 2 unspecified atom stereocenters. The van der Waals surface area contributed by atoms with Crippen molar-refractivity contribution in [1.29, 1.82) is 0 Å². The summed E-state index contributed by atoms with van der Waals surface area (Å²) < 4.78 is 4.99. The van der Waals surface area contributed by atoms with Crippen LogP contribution in [0.2, 0.25) is 0 Å². The van der Waals surface area contributed by atoms with Gasteiger partial charge in [-0.1, -0.05) is 6.92 Å². The average molecular weight is 221 g/mol. The van der Waals surface area contributed by atoms with Gasteiger partial charge >= 0.3 is 0 Å². The number of rotatable bonds is 8. The maximum Gasteiger partial charge on any atom is 0.0610 e. The summed E-state index contributed by atoms with van der Waals surface area (Å²) >= 11 is 1.88. The van der Waals surface area contributed by atoms with Gasteiger partial charge in [-0.2, -0.15) is 11.8 Å². The van der Waals surface area contributed by atoms with Gasteiger partial charge in [0.2, 0.25) is 0 Å². The first-order chi connectivity index (χ1) is 6.58. The number of aliphatic hydroxyl groups is 1. The summed E-state index contributed by atoms with van der Waals surface area (Å²) in [6.07, 6.45) is 0.967. The summed E-state index contributed by atoms with van der Waals surface area (Å²) in [7, 11) is 3.61. The van der Waals surface area contributed by atoms with Crippen molar-refractivity contribution in [3.05, 3.63) is 0 Å². The van der Waals surface area contributed by atoms with Gasteiger partial charge in [0, 0.05) is 23.7 Å². The lowest BCUT2D eigenvalue weighted by Gasteiger charge is -2.29. The lowest BCUT2D eigenvalue weighted by atomic mass is 9.98. The first-order valence-electron chi connectivity index (χ1n) is 4.98. The topological polar surface area (TPSA) is 41.5 Å². The molecule has 0 aromatic heterocycles. The molecule has 14 heavy (non-hydrogen) atoms. The van der Waals surface area contributed by atoms with Crippen LogP contribution in [0.5, 0.6) is 0 Å². The zero-order valence-electron chi connectivity index (χ0n) is 9.67. The van der Waals surface area contributed by atoms with Crippen molar-refractivity contribution < 1.29 is 9.84 Å². The van der Waals surface area contributed by atoms with Gasteiger partial charge in [-0.05, 0) is 20.4 Å². The summed E-state index contributed by atoms with van der Waals surface area (Å²) in [5.41, 5.74) is -0.153. The molecule has 0 saturated carbocycles. The van der Waals surface area contributed by atoms with Crippen molar-refractivity contribution in [2.45, 2.75) is 31.1 Å². The van der Waals surface area contributed by atoms with E-state index in [4.69, 9.17) is 4.74 Å². The highest BCUT2D eigenvalue weighted by Gasteiger charge is 2.23. The molecule has 0 aliphatic carbocycles. The minimum Gasteiger partial charge on any atom is -0.394 e. The van der Waals surface area contributed by atoms with E-state index in [9.17, 15) is 5.11 Å². The van der Waals surface area contributed by atoms with Crippen molar-refractivity contribution >= 4 is 11.8 Å². The molecular weight excluding hydrogens is 198 g/mol. The maximum atomic E-state index is 9.21. The van der Waals surface area contributed by atoms with E-state index in [2.05, 4.69) is 12.2 Å². The zero-order chi connectivity index (χ0) is 11.0. The number of hydrogen-bond donors (Lipinski definition) is 2. The van der Waals surface area contributed by atoms with E-state index < -0.39 is 0 Å². The molecular formula is C10H23NO2S. The van der Waals surface area contributed by atoms with Crippen LogP contribution in [-0.4, -0.2) is 49.0 Å². The Morgan fingerprint density at radius 2 is 2.21 bits per heavy atom. The van der Waals surface area contributed by atoms with E-state index in [1.54, 1.807) is 7.11 Å². The standard InChI is InChI=1S/C10H23NO2S/c1-9(14-6-5-13-4)7-10(2,8-12)11-3/h9,11-12H,5-8H2,1-4H3. The Kier molecular flexibility index (Phi) is 7.64. The van der Waals surface area contributed by atoms with E-state index >= 15 is 0 Å². The Labute approximate surface area is 91.6 Å². The van der Waals surface area contributed by atoms with Crippen molar-refractivity contribution in [2.75, 3.05) is 33.1 Å². The molecule has 2 N–H and O–H groups in total. The van der Waals surface area contributed by atoms with Gasteiger partial charge in [0.1, 0.15) is 0 Å². The van der Waals surface area contributed by atoms with Crippen LogP contribution in [0.1, 0.15) is 20.3 Å². The van der Waals surface area contributed by atoms with Gasteiger partial charge in [0.25, 0.3) is 0 Å². The Morgan fingerprint density at radius 1 is 1.57 bits per heavy atom. The summed E-state index contributed by atoms with van der Waals surface area (Å²) in [5, 5.41) is 12.9. The van der Waals surface area contributed by atoms with Gasteiger partial charge in [-0.25, -0.2) is 0 Å². The third-order valence-corrected chi connectivity index (χ3v) is 3.52. The molecule has 3 nitrogen and oxygen atoms in total. The maximum absolute atomic E-state index is 9.21. The van der Waals surface area contributed by atoms with E-state index in [0.717, 1.165) is 18.8 Å². The second-order valence-corrected chi connectivity index (χ2v) is 5.39. The molecule has 86 valence electrons. The molecule has 0 fully saturated rings. The molecule has 0 rings (SSSR count). The molecule has 4 heteroatoms. The van der Waals surface area contributed by atoms with E-state index in [-0.39, 0.29) is 12.1 Å². The highest BCUT2D eigenvalue weighted by molar-refractivity contribution is 7.99. The van der Waals surface area contributed by atoms with Crippen LogP contribution in [0.25, 0.3) is 0 Å². The van der Waals surface area contributed by atoms with Crippen LogP contribution in [0, 0.1) is 0 Å². The van der Waals surface area contributed by atoms with Gasteiger partial charge in [-0.15, -0.1) is 0 Å². The number of thioether (sulfide) groups is 1. The SMILES string of the molecule is CNC(C)(CO)CC(C)SCCOC. The summed E-state index contributed by atoms with van der Waals surface area (Å²) in [4.78, 5) is 0. The molecule has 0 aliphatic heterocycles. The Morgan fingerprint density at radius 3 is 2.64 bits per heavy atom. The second-order valence-electron chi connectivity index (χ2n) is 3.85. The molecule has 0 radical (unpaired) electrons. The van der Waals surface area contributed by atoms with Crippen LogP contribution in [0.15, 0.2) is 0 Å². The molecule has 0 spiro atoms. The van der Waals surface area contributed by atoms with E-state index in [1.165, 1.54) is 0 Å². The Hall–Kier alpha value is 0.230. The fourth-order valence-electron chi connectivity index (χ4n) is 1.27. The zero-order valence-corrected chi connectivity index (χ0v) is 10.5. The third kappa shape index (κ3) is 5.86. The number of methoxy groups -OCH3 is 1. The Balaban J connectivity index is 3.73. The number of hydrogen-bond acceptors (Lipinski definition) is 4. The highest BCUT2D eigenvalue weighted by atomic mass is 32.2. The molecule has 0 saturated heterocycles. The molecule has 0 aromatic rings. The molecule has 0 aliphatic rings. The quantitative estimate of drug-likeness (QED) is 0.603. The number of ether oxygens (including phenoxy) is 1. The van der Waals surface area contributed by atoms with Crippen molar-refractivity contribution in [2.24, 2.45) is 0 Å². The number of nitrogens with one attached hydrogen (secondary N) is 1. The van der Waals surface area contributed by atoms with Crippen molar-refractivity contribution in [1.82, 2.24) is 5.32 Å². The summed E-state index contributed by atoms with van der Waals surface area (Å²) in [5.74, 6) is 1.02. The van der Waals surface area contributed by atoms with Crippen LogP contribution in [-0.2, 0) is 4.74 Å². The van der Waals surface area contributed by atoms with Crippen molar-refractivity contribution in [3.63, 3.8) is 0 Å². The number of likely N-dealkylation sites (N-methyl/N-ethyl adjacent to an activating group) is 1. The summed E-state index contributed by atoms with van der Waals surface area (Å²) in [6, 6.07) is 0. The predicted molar refractivity (Wildman–Crippen MR) is 63.0 cm³/mol. The minimum absolute atomic E-state index is 0.153. The molecule has 2 atom stereocenters. The average Bonchev–Trinajstić information content (AvgIpc) is 2.18. The fraction of sp³-hybridized carbons (Fsp3) is 1.00. The van der Waals surface area contributed by atoms with Gasteiger partial charge in [-0.3, -0.25) is 0 Å². The first kappa shape index (κ1) is 14.2. The van der Waals surface area contributed by atoms with Crippen LogP contribution < -0.4 is 5.32 Å². The van der Waals surface area contributed by atoms with Gasteiger partial charge in [0.15, 0.2) is 0 Å². The van der Waals surface area contributed by atoms with Gasteiger partial charge < -0.3 is 15.2 Å². The Bertz CT molecular complexity index is 140. The molecule has 0 aromatic carbocycles. The highest BCUT2D eigenvalue weighted by Crippen LogP contribution is 2.21. The van der Waals surface area contributed by atoms with Crippen molar-refractivity contribution in [3.8, 4) is 0 Å². The lowest BCUT2D eigenvalue weighted by Crippen LogP contribution is -2.45. The molecule has 0 bridgehead atoms. The normalized spacial score (nSPS) is 17.8. The van der Waals surface area contributed by atoms with Crippen LogP contribution in [0.3, 0.4) is 0 Å². The molecule has 0 heterocycles. The van der Waals surface area contributed by atoms with Crippen LogP contribution >= 0.6 is 11.8 Å². The molecule has 0 amide bonds. The van der Waals surface area contributed by atoms with E-state index in [1.807, 2.05) is 25.7 Å². The third-order valence-electron chi connectivity index (χ3n) is 2.38. The second kappa shape index (κ2) is 7.51. The first-order valence-corrected chi connectivity index (χ1v) is 6.03. The number of aliphatic hydroxyl groups excluding tert-OH is 1. The largest absolute Gasteiger partial charge is 0.394 e. The fourth-order valence-corrected chi connectivity index (χ4v) is 2.42. The summed E-state index contributed by atoms with van der Waals surface area (Å²) in [6.45, 7) is 5.20. The predicted octanol–water partition coefficient (Wildman–Crippen LogP) is 1.11. The van der Waals surface area contributed by atoms with Crippen LogP contribution in [0.4, 0.5) is 0 Å². The van der Waals surface area contributed by atoms with E-state index in [0.29, 0.717) is 5.25 Å².